The first-order valence-corrected chi connectivity index (χ1v) is 6.00. The molecular weight excluding hydrogens is 276 g/mol. The van der Waals surface area contributed by atoms with E-state index in [1.54, 1.807) is 0 Å². The molecule has 0 bridgehead atoms. The number of halogens is 4. The van der Waals surface area contributed by atoms with Crippen molar-refractivity contribution >= 4 is 15.9 Å². The maximum Gasteiger partial charge on any atom is 0.436 e. The van der Waals surface area contributed by atoms with Crippen LogP contribution in [0.3, 0.4) is 0 Å². The third-order valence-corrected chi connectivity index (χ3v) is 3.15. The van der Waals surface area contributed by atoms with Crippen molar-refractivity contribution in [3.63, 3.8) is 0 Å². The van der Waals surface area contributed by atoms with Crippen LogP contribution in [0.5, 0.6) is 0 Å². The number of hydrogen-bond acceptors (Lipinski definition) is 3. The van der Waals surface area contributed by atoms with Gasteiger partial charge < -0.3 is 0 Å². The molecule has 18 heavy (non-hydrogen) atoms. The summed E-state index contributed by atoms with van der Waals surface area (Å²) in [6.07, 6.45) is -4.04. The highest BCUT2D eigenvalue weighted by Gasteiger charge is 2.42. The minimum absolute atomic E-state index is 0.249. The molecule has 98 valence electrons. The molecule has 0 amide bonds. The highest BCUT2D eigenvalue weighted by Crippen LogP contribution is 2.35. The van der Waals surface area contributed by atoms with Gasteiger partial charge in [0.05, 0.1) is 0 Å². The van der Waals surface area contributed by atoms with E-state index in [4.69, 9.17) is 0 Å². The lowest BCUT2D eigenvalue weighted by atomic mass is 10.3. The fourth-order valence-corrected chi connectivity index (χ4v) is 2.37. The van der Waals surface area contributed by atoms with Gasteiger partial charge in [0.2, 0.25) is 5.03 Å². The van der Waals surface area contributed by atoms with E-state index in [9.17, 15) is 25.5 Å². The first-order chi connectivity index (χ1) is 8.12. The molecule has 0 aliphatic heterocycles. The van der Waals surface area contributed by atoms with Gasteiger partial charge in [-0.05, 0) is 18.6 Å². The number of imidazole rings is 1. The van der Waals surface area contributed by atoms with Gasteiger partial charge in [-0.15, -0.1) is 0 Å². The number of aromatic nitrogens is 2. The Balaban J connectivity index is 3.00. The third kappa shape index (κ3) is 1.94. The van der Waals surface area contributed by atoms with Crippen LogP contribution in [-0.4, -0.2) is 17.8 Å². The maximum atomic E-state index is 13.0. The largest absolute Gasteiger partial charge is 0.436 e. The van der Waals surface area contributed by atoms with E-state index in [-0.39, 0.29) is 5.65 Å². The summed E-state index contributed by atoms with van der Waals surface area (Å²) in [4.78, 5) is 3.17. The zero-order valence-corrected chi connectivity index (χ0v) is 9.68. The van der Waals surface area contributed by atoms with Gasteiger partial charge in [0.15, 0.2) is 5.69 Å². The lowest BCUT2D eigenvalue weighted by Gasteiger charge is -2.03. The van der Waals surface area contributed by atoms with Crippen molar-refractivity contribution in [3.8, 4) is 0 Å². The Kier molecular flexibility index (Phi) is 2.61. The standard InChI is InChI=1S/C9H6F4N2O2S/c1-5-3-2-4-15-7(5)14-6(9(10,11)12)8(15)18(13,16)17/h2-4H,1H3. The molecule has 0 aliphatic rings. The zero-order valence-electron chi connectivity index (χ0n) is 8.86. The monoisotopic (exact) mass is 282 g/mol. The van der Waals surface area contributed by atoms with Crippen LogP contribution in [0.1, 0.15) is 11.3 Å². The topological polar surface area (TPSA) is 51.4 Å². The zero-order chi connectivity index (χ0) is 13.7. The molecule has 0 atom stereocenters. The predicted octanol–water partition coefficient (Wildman–Crippen LogP) is 2.32. The van der Waals surface area contributed by atoms with Gasteiger partial charge in [-0.25, -0.2) is 4.98 Å². The summed E-state index contributed by atoms with van der Waals surface area (Å²) in [5.74, 6) is 0. The first-order valence-electron chi connectivity index (χ1n) is 4.62. The average Bonchev–Trinajstić information content (AvgIpc) is 2.56. The Hall–Kier alpha value is -1.64. The van der Waals surface area contributed by atoms with Gasteiger partial charge in [-0.3, -0.25) is 4.40 Å². The van der Waals surface area contributed by atoms with Gasteiger partial charge in [0, 0.05) is 6.20 Å². The lowest BCUT2D eigenvalue weighted by molar-refractivity contribution is -0.143. The summed E-state index contributed by atoms with van der Waals surface area (Å²) >= 11 is 0. The lowest BCUT2D eigenvalue weighted by Crippen LogP contribution is -2.11. The van der Waals surface area contributed by atoms with E-state index in [0.717, 1.165) is 6.20 Å². The van der Waals surface area contributed by atoms with Crippen LogP contribution in [0.15, 0.2) is 23.4 Å². The average molecular weight is 282 g/mol. The van der Waals surface area contributed by atoms with Crippen LogP contribution in [-0.2, 0) is 16.4 Å². The predicted molar refractivity (Wildman–Crippen MR) is 53.2 cm³/mol. The Morgan fingerprint density at radius 2 is 1.94 bits per heavy atom. The molecular formula is C9H6F4N2O2S. The highest BCUT2D eigenvalue weighted by atomic mass is 32.3. The molecule has 9 heteroatoms. The van der Waals surface area contributed by atoms with Crippen molar-refractivity contribution < 1.29 is 25.5 Å². The number of hydrogen-bond donors (Lipinski definition) is 0. The van der Waals surface area contributed by atoms with Crippen molar-refractivity contribution in [1.82, 2.24) is 9.38 Å². The SMILES string of the molecule is Cc1cccn2c(S(=O)(=O)F)c(C(F)(F)F)nc12. The number of pyridine rings is 1. The number of fused-ring (bicyclic) bond motifs is 1. The molecule has 2 rings (SSSR count). The molecule has 0 aromatic carbocycles. The number of aryl methyl sites for hydroxylation is 1. The van der Waals surface area contributed by atoms with Crippen molar-refractivity contribution in [3.05, 3.63) is 29.6 Å². The smallest absolute Gasteiger partial charge is 0.288 e. The van der Waals surface area contributed by atoms with Crippen molar-refractivity contribution in [2.45, 2.75) is 18.1 Å². The van der Waals surface area contributed by atoms with E-state index in [2.05, 4.69) is 4.98 Å². The van der Waals surface area contributed by atoms with Gasteiger partial charge in [-0.2, -0.15) is 21.6 Å². The molecule has 0 saturated heterocycles. The Bertz CT molecular complexity index is 718. The van der Waals surface area contributed by atoms with Gasteiger partial charge in [0.1, 0.15) is 5.65 Å². The molecule has 4 nitrogen and oxygen atoms in total. The number of rotatable bonds is 1. The molecule has 0 radical (unpaired) electrons. The molecule has 0 spiro atoms. The Morgan fingerprint density at radius 1 is 1.33 bits per heavy atom. The van der Waals surface area contributed by atoms with Crippen molar-refractivity contribution in [2.24, 2.45) is 0 Å². The fraction of sp³-hybridized carbons (Fsp3) is 0.222. The van der Waals surface area contributed by atoms with E-state index in [1.807, 2.05) is 0 Å². The second-order valence-electron chi connectivity index (χ2n) is 3.59. The van der Waals surface area contributed by atoms with Crippen LogP contribution in [0.2, 0.25) is 0 Å². The maximum absolute atomic E-state index is 13.0. The van der Waals surface area contributed by atoms with E-state index >= 15 is 0 Å². The second-order valence-corrected chi connectivity index (χ2v) is 4.85. The summed E-state index contributed by atoms with van der Waals surface area (Å²) in [6.45, 7) is 1.44. The summed E-state index contributed by atoms with van der Waals surface area (Å²) in [7, 11) is -5.54. The molecule has 2 heterocycles. The van der Waals surface area contributed by atoms with Gasteiger partial charge in [-0.1, -0.05) is 9.95 Å². The van der Waals surface area contributed by atoms with Crippen LogP contribution in [0.25, 0.3) is 5.65 Å². The van der Waals surface area contributed by atoms with Crippen molar-refractivity contribution in [2.75, 3.05) is 0 Å². The third-order valence-electron chi connectivity index (χ3n) is 2.30. The fourth-order valence-electron chi connectivity index (χ4n) is 1.60. The molecule has 0 aliphatic carbocycles. The van der Waals surface area contributed by atoms with E-state index in [1.165, 1.54) is 19.1 Å². The molecule has 0 N–H and O–H groups in total. The van der Waals surface area contributed by atoms with Crippen LogP contribution >= 0.6 is 0 Å². The molecule has 2 aromatic heterocycles. The minimum Gasteiger partial charge on any atom is -0.288 e. The second kappa shape index (κ2) is 3.67. The Morgan fingerprint density at radius 3 is 2.44 bits per heavy atom. The minimum atomic E-state index is -5.54. The molecule has 0 unspecified atom stereocenters. The van der Waals surface area contributed by atoms with Crippen LogP contribution < -0.4 is 0 Å². The highest BCUT2D eigenvalue weighted by molar-refractivity contribution is 7.86. The molecule has 0 saturated carbocycles. The molecule has 2 aromatic rings. The van der Waals surface area contributed by atoms with Crippen LogP contribution in [0.4, 0.5) is 17.1 Å². The van der Waals surface area contributed by atoms with Crippen molar-refractivity contribution in [1.29, 1.82) is 0 Å². The summed E-state index contributed by atoms with van der Waals surface area (Å²) in [5.41, 5.74) is -1.70. The van der Waals surface area contributed by atoms with Crippen LogP contribution in [0, 0.1) is 6.92 Å². The normalized spacial score (nSPS) is 13.2. The number of nitrogens with zero attached hydrogens (tertiary/aromatic N) is 2. The quantitative estimate of drug-likeness (QED) is 0.596. The summed E-state index contributed by atoms with van der Waals surface area (Å²) in [5, 5.41) is -1.49. The molecule has 0 fully saturated rings. The van der Waals surface area contributed by atoms with E-state index < -0.39 is 27.1 Å². The van der Waals surface area contributed by atoms with Gasteiger partial charge in [0.25, 0.3) is 0 Å². The van der Waals surface area contributed by atoms with E-state index in [0.29, 0.717) is 9.96 Å². The summed E-state index contributed by atoms with van der Waals surface area (Å²) in [6, 6.07) is 2.75. The van der Waals surface area contributed by atoms with Gasteiger partial charge >= 0.3 is 16.4 Å². The first kappa shape index (κ1) is 12.8. The number of alkyl halides is 3. The Labute approximate surface area is 99.1 Å². The summed E-state index contributed by atoms with van der Waals surface area (Å²) < 4.78 is 73.2.